The number of H-pyrrole nitrogens is 1. The predicted molar refractivity (Wildman–Crippen MR) is 117 cm³/mol. The molecule has 3 aromatic heterocycles. The summed E-state index contributed by atoms with van der Waals surface area (Å²) in [6.07, 6.45) is 7.30. The summed E-state index contributed by atoms with van der Waals surface area (Å²) < 4.78 is 26.6. The highest BCUT2D eigenvalue weighted by atomic mass is 32.2. The molecule has 7 nitrogen and oxygen atoms in total. The van der Waals surface area contributed by atoms with Crippen LogP contribution >= 0.6 is 0 Å². The monoisotopic (exact) mass is 420 g/mol. The van der Waals surface area contributed by atoms with Crippen LogP contribution in [0.4, 0.5) is 5.69 Å². The van der Waals surface area contributed by atoms with Gasteiger partial charge in [-0.1, -0.05) is 25.1 Å². The first kappa shape index (κ1) is 19.8. The zero-order valence-electron chi connectivity index (χ0n) is 16.3. The number of fused-ring (bicyclic) bond motifs is 1. The number of carbonyl (C=O) groups is 1. The third-order valence-electron chi connectivity index (χ3n) is 4.64. The van der Waals surface area contributed by atoms with Crippen LogP contribution in [-0.4, -0.2) is 34.9 Å². The maximum Gasteiger partial charge on any atom is 0.232 e. The van der Waals surface area contributed by atoms with Crippen molar-refractivity contribution in [2.24, 2.45) is 0 Å². The minimum atomic E-state index is -3.44. The van der Waals surface area contributed by atoms with Crippen molar-refractivity contribution < 1.29 is 13.2 Å². The Morgan fingerprint density at radius 3 is 2.73 bits per heavy atom. The third-order valence-corrected chi connectivity index (χ3v) is 6.13. The molecule has 0 unspecified atom stereocenters. The van der Waals surface area contributed by atoms with E-state index in [9.17, 15) is 13.2 Å². The van der Waals surface area contributed by atoms with Crippen LogP contribution in [0.15, 0.2) is 67.3 Å². The molecule has 0 atom stereocenters. The highest BCUT2D eigenvalue weighted by molar-refractivity contribution is 7.92. The number of nitrogens with one attached hydrogen (secondary N) is 2. The first-order valence-corrected chi connectivity index (χ1v) is 11.1. The Morgan fingerprint density at radius 1 is 1.10 bits per heavy atom. The molecule has 0 aliphatic heterocycles. The quantitative estimate of drug-likeness (QED) is 0.440. The Balaban J connectivity index is 1.69. The highest BCUT2D eigenvalue weighted by Crippen LogP contribution is 2.26. The van der Waals surface area contributed by atoms with Gasteiger partial charge in [-0.05, 0) is 30.7 Å². The number of hydrogen-bond acceptors (Lipinski definition) is 5. The lowest BCUT2D eigenvalue weighted by Crippen LogP contribution is -2.16. The van der Waals surface area contributed by atoms with Gasteiger partial charge in [0, 0.05) is 58.1 Å². The molecule has 8 heteroatoms. The summed E-state index contributed by atoms with van der Waals surface area (Å²) in [6.45, 7) is 1.80. The van der Waals surface area contributed by atoms with Crippen molar-refractivity contribution in [2.45, 2.75) is 13.3 Å². The molecule has 0 saturated carbocycles. The van der Waals surface area contributed by atoms with Gasteiger partial charge in [-0.2, -0.15) is 0 Å². The van der Waals surface area contributed by atoms with E-state index in [2.05, 4.69) is 19.7 Å². The number of aromatic amines is 1. The number of nitrogens with zero attached hydrogens (tertiary/aromatic N) is 2. The second-order valence-electron chi connectivity index (χ2n) is 6.90. The second kappa shape index (κ2) is 8.08. The van der Waals surface area contributed by atoms with E-state index in [1.165, 1.54) is 0 Å². The number of pyridine rings is 2. The summed E-state index contributed by atoms with van der Waals surface area (Å²) in [6, 6.07) is 12.2. The number of carbonyl (C=O) groups excluding carboxylic acids is 1. The molecule has 0 saturated heterocycles. The number of benzene rings is 1. The van der Waals surface area contributed by atoms with Crippen LogP contribution < -0.4 is 4.72 Å². The molecule has 152 valence electrons. The lowest BCUT2D eigenvalue weighted by atomic mass is 10.0. The fraction of sp³-hybridized carbons (Fsp3) is 0.136. The Kier molecular flexibility index (Phi) is 5.33. The zero-order chi connectivity index (χ0) is 21.1. The maximum absolute atomic E-state index is 13.2. The van der Waals surface area contributed by atoms with E-state index in [1.807, 2.05) is 18.2 Å². The molecule has 4 rings (SSSR count). The van der Waals surface area contributed by atoms with E-state index in [4.69, 9.17) is 0 Å². The van der Waals surface area contributed by atoms with Crippen LogP contribution in [0.3, 0.4) is 0 Å². The molecule has 0 spiro atoms. The SMILES string of the molecule is CCCS(=O)(=O)Nc1cccc(C(=O)c2c[nH]c3ncc(-c4cccnc4)cc23)c1. The van der Waals surface area contributed by atoms with Gasteiger partial charge in [0.15, 0.2) is 5.78 Å². The van der Waals surface area contributed by atoms with Crippen molar-refractivity contribution in [2.75, 3.05) is 10.5 Å². The molecule has 0 amide bonds. The van der Waals surface area contributed by atoms with E-state index in [0.29, 0.717) is 34.3 Å². The lowest BCUT2D eigenvalue weighted by molar-refractivity contribution is 0.104. The molecule has 0 aliphatic rings. The Bertz CT molecular complexity index is 1310. The summed E-state index contributed by atoms with van der Waals surface area (Å²) in [7, 11) is -3.44. The average molecular weight is 420 g/mol. The Labute approximate surface area is 174 Å². The average Bonchev–Trinajstić information content (AvgIpc) is 3.17. The van der Waals surface area contributed by atoms with E-state index < -0.39 is 10.0 Å². The van der Waals surface area contributed by atoms with E-state index in [0.717, 1.165) is 11.1 Å². The van der Waals surface area contributed by atoms with Gasteiger partial charge in [0.2, 0.25) is 10.0 Å². The van der Waals surface area contributed by atoms with Crippen molar-refractivity contribution in [3.05, 3.63) is 78.4 Å². The van der Waals surface area contributed by atoms with Crippen LogP contribution in [0.1, 0.15) is 29.3 Å². The number of hydrogen-bond donors (Lipinski definition) is 2. The predicted octanol–water partition coefficient (Wildman–Crippen LogP) is 4.01. The fourth-order valence-corrected chi connectivity index (χ4v) is 4.39. The topological polar surface area (TPSA) is 105 Å². The Morgan fingerprint density at radius 2 is 1.97 bits per heavy atom. The molecule has 3 heterocycles. The van der Waals surface area contributed by atoms with Gasteiger partial charge < -0.3 is 4.98 Å². The van der Waals surface area contributed by atoms with E-state index >= 15 is 0 Å². The molecule has 1 aromatic carbocycles. The van der Waals surface area contributed by atoms with Gasteiger partial charge in [0.05, 0.1) is 5.75 Å². The lowest BCUT2D eigenvalue weighted by Gasteiger charge is -2.08. The van der Waals surface area contributed by atoms with Crippen LogP contribution in [0, 0.1) is 0 Å². The first-order chi connectivity index (χ1) is 14.5. The molecular formula is C22H20N4O3S. The van der Waals surface area contributed by atoms with Crippen molar-refractivity contribution in [3.63, 3.8) is 0 Å². The summed E-state index contributed by atoms with van der Waals surface area (Å²) in [5, 5.41) is 0.693. The highest BCUT2D eigenvalue weighted by Gasteiger charge is 2.17. The van der Waals surface area contributed by atoms with Crippen molar-refractivity contribution in [3.8, 4) is 11.1 Å². The van der Waals surface area contributed by atoms with Gasteiger partial charge in [-0.15, -0.1) is 0 Å². The maximum atomic E-state index is 13.2. The minimum Gasteiger partial charge on any atom is -0.345 e. The van der Waals surface area contributed by atoms with Gasteiger partial charge in [-0.25, -0.2) is 13.4 Å². The Hall–Kier alpha value is -3.52. The van der Waals surface area contributed by atoms with Crippen LogP contribution in [0.25, 0.3) is 22.2 Å². The van der Waals surface area contributed by atoms with Gasteiger partial charge in [0.1, 0.15) is 5.65 Å². The van der Waals surface area contributed by atoms with Crippen molar-refractivity contribution >= 4 is 32.5 Å². The number of ketones is 1. The van der Waals surface area contributed by atoms with E-state index in [-0.39, 0.29) is 11.5 Å². The molecule has 0 aliphatic carbocycles. The standard InChI is InChI=1S/C22H20N4O3S/c1-2-9-30(28,29)26-18-7-3-5-15(10-18)21(27)20-14-25-22-19(20)11-17(13-24-22)16-6-4-8-23-12-16/h3-8,10-14,26H,2,9H2,1H3,(H,24,25). The molecular weight excluding hydrogens is 400 g/mol. The summed E-state index contributed by atoms with van der Waals surface area (Å²) >= 11 is 0. The molecule has 0 radical (unpaired) electrons. The molecule has 0 bridgehead atoms. The van der Waals surface area contributed by atoms with Crippen molar-refractivity contribution in [1.82, 2.24) is 15.0 Å². The third kappa shape index (κ3) is 4.08. The van der Waals surface area contributed by atoms with Gasteiger partial charge >= 0.3 is 0 Å². The van der Waals surface area contributed by atoms with Gasteiger partial charge in [0.25, 0.3) is 0 Å². The smallest absolute Gasteiger partial charge is 0.232 e. The van der Waals surface area contributed by atoms with Crippen molar-refractivity contribution in [1.29, 1.82) is 0 Å². The molecule has 4 aromatic rings. The van der Waals surface area contributed by atoms with Crippen LogP contribution in [0.5, 0.6) is 0 Å². The summed E-state index contributed by atoms with van der Waals surface area (Å²) in [5.41, 5.74) is 3.58. The number of sulfonamides is 1. The minimum absolute atomic E-state index is 0.0242. The van der Waals surface area contributed by atoms with Crippen LogP contribution in [0.2, 0.25) is 0 Å². The normalized spacial score (nSPS) is 11.5. The van der Waals surface area contributed by atoms with Gasteiger partial charge in [-0.3, -0.25) is 14.5 Å². The molecule has 30 heavy (non-hydrogen) atoms. The second-order valence-corrected chi connectivity index (χ2v) is 8.74. The number of anilines is 1. The number of aromatic nitrogens is 3. The van der Waals surface area contributed by atoms with Crippen LogP contribution in [-0.2, 0) is 10.0 Å². The fourth-order valence-electron chi connectivity index (χ4n) is 3.26. The number of rotatable bonds is 7. The largest absolute Gasteiger partial charge is 0.345 e. The molecule has 2 N–H and O–H groups in total. The zero-order valence-corrected chi connectivity index (χ0v) is 17.1. The molecule has 0 fully saturated rings. The first-order valence-electron chi connectivity index (χ1n) is 9.49. The summed E-state index contributed by atoms with van der Waals surface area (Å²) in [5.74, 6) is -0.195. The summed E-state index contributed by atoms with van der Waals surface area (Å²) in [4.78, 5) is 24.7. The van der Waals surface area contributed by atoms with E-state index in [1.54, 1.807) is 56.0 Å².